The van der Waals surface area contributed by atoms with Crippen molar-refractivity contribution in [1.29, 1.82) is 0 Å². The van der Waals surface area contributed by atoms with Crippen molar-refractivity contribution >= 4 is 22.7 Å². The quantitative estimate of drug-likeness (QED) is 0.579. The molecule has 0 bridgehead atoms. The fourth-order valence-electron chi connectivity index (χ4n) is 3.10. The average molecular weight is 311 g/mol. The van der Waals surface area contributed by atoms with Crippen LogP contribution >= 0.6 is 11.8 Å². The molecule has 0 saturated heterocycles. The van der Waals surface area contributed by atoms with Crippen molar-refractivity contribution in [1.82, 2.24) is 0 Å². The van der Waals surface area contributed by atoms with Crippen molar-refractivity contribution in [3.05, 3.63) is 59.5 Å². The lowest BCUT2D eigenvalue weighted by Gasteiger charge is -2.20. The predicted molar refractivity (Wildman–Crippen MR) is 92.1 cm³/mol. The highest BCUT2D eigenvalue weighted by Crippen LogP contribution is 2.48. The Hall–Kier alpha value is -1.12. The Kier molecular flexibility index (Phi) is 3.83. The third kappa shape index (κ3) is 2.56. The molecule has 0 N–H and O–H groups in total. The normalized spacial score (nSPS) is 18.4. The smallest absolute Gasteiger partial charge is 0.0795 e. The van der Waals surface area contributed by atoms with E-state index in [1.807, 2.05) is 11.8 Å². The first kappa shape index (κ1) is 13.5. The van der Waals surface area contributed by atoms with Crippen LogP contribution in [0.5, 0.6) is 0 Å². The molecule has 2 aromatic carbocycles. The highest BCUT2D eigenvalue weighted by atomic mass is 32.2. The van der Waals surface area contributed by atoms with Crippen LogP contribution < -0.4 is 0 Å². The SMILES string of the molecule is C1=C([S+]2c3ccccc3Sc3ccccc32)CCCCC1. The summed E-state index contributed by atoms with van der Waals surface area (Å²) < 4.78 is 0. The van der Waals surface area contributed by atoms with Crippen molar-refractivity contribution in [2.24, 2.45) is 0 Å². The molecule has 4 rings (SSSR count). The van der Waals surface area contributed by atoms with E-state index < -0.39 is 0 Å². The molecule has 0 spiro atoms. The fraction of sp³-hybridized carbons (Fsp3) is 0.263. The van der Waals surface area contributed by atoms with Gasteiger partial charge in [-0.25, -0.2) is 0 Å². The molecule has 106 valence electrons. The van der Waals surface area contributed by atoms with Crippen LogP contribution in [-0.2, 0) is 10.9 Å². The van der Waals surface area contributed by atoms with Crippen molar-refractivity contribution in [2.75, 3.05) is 0 Å². The van der Waals surface area contributed by atoms with E-state index in [0.29, 0.717) is 0 Å². The van der Waals surface area contributed by atoms with E-state index in [4.69, 9.17) is 0 Å². The summed E-state index contributed by atoms with van der Waals surface area (Å²) in [7, 11) is 0.148. The summed E-state index contributed by atoms with van der Waals surface area (Å²) in [6.07, 6.45) is 9.17. The van der Waals surface area contributed by atoms with E-state index in [-0.39, 0.29) is 10.9 Å². The van der Waals surface area contributed by atoms with E-state index >= 15 is 0 Å². The maximum atomic E-state index is 2.54. The van der Waals surface area contributed by atoms with E-state index in [1.54, 1.807) is 4.91 Å². The topological polar surface area (TPSA) is 0 Å². The highest BCUT2D eigenvalue weighted by Gasteiger charge is 2.38. The molecule has 0 saturated carbocycles. The molecule has 0 radical (unpaired) electrons. The second-order valence-electron chi connectivity index (χ2n) is 5.57. The number of allylic oxidation sites excluding steroid dienone is 2. The Labute approximate surface area is 134 Å². The zero-order valence-corrected chi connectivity index (χ0v) is 13.7. The Morgan fingerprint density at radius 3 is 2.14 bits per heavy atom. The van der Waals surface area contributed by atoms with Crippen LogP contribution in [-0.4, -0.2) is 0 Å². The zero-order chi connectivity index (χ0) is 14.1. The van der Waals surface area contributed by atoms with Crippen LogP contribution in [0.25, 0.3) is 0 Å². The number of benzene rings is 2. The van der Waals surface area contributed by atoms with E-state index in [1.165, 1.54) is 51.7 Å². The number of hydrogen-bond donors (Lipinski definition) is 0. The molecular weight excluding hydrogens is 292 g/mol. The fourth-order valence-corrected chi connectivity index (χ4v) is 7.12. The summed E-state index contributed by atoms with van der Waals surface area (Å²) in [5, 5.41) is 0. The van der Waals surface area contributed by atoms with Gasteiger partial charge in [0.05, 0.1) is 20.7 Å². The number of rotatable bonds is 1. The van der Waals surface area contributed by atoms with Crippen LogP contribution in [0.4, 0.5) is 0 Å². The molecule has 1 aliphatic heterocycles. The molecule has 21 heavy (non-hydrogen) atoms. The Bertz CT molecular complexity index is 642. The monoisotopic (exact) mass is 311 g/mol. The van der Waals surface area contributed by atoms with Gasteiger partial charge in [-0.05, 0) is 49.6 Å². The van der Waals surface area contributed by atoms with E-state index in [0.717, 1.165) is 0 Å². The van der Waals surface area contributed by atoms with Gasteiger partial charge in [0.15, 0.2) is 9.79 Å². The van der Waals surface area contributed by atoms with Gasteiger partial charge < -0.3 is 0 Å². The molecule has 1 heterocycles. The van der Waals surface area contributed by atoms with Crippen molar-refractivity contribution in [2.45, 2.75) is 51.7 Å². The summed E-state index contributed by atoms with van der Waals surface area (Å²) >= 11 is 1.94. The minimum atomic E-state index is 0.148. The molecule has 2 heteroatoms. The third-order valence-corrected chi connectivity index (χ3v) is 8.02. The largest absolute Gasteiger partial charge is 0.180 e. The predicted octanol–water partition coefficient (Wildman–Crippen LogP) is 6.04. The van der Waals surface area contributed by atoms with Gasteiger partial charge in [-0.1, -0.05) is 42.4 Å². The molecule has 0 amide bonds. The number of fused-ring (bicyclic) bond motifs is 2. The van der Waals surface area contributed by atoms with E-state index in [2.05, 4.69) is 54.6 Å². The minimum Gasteiger partial charge on any atom is -0.0795 e. The second-order valence-corrected chi connectivity index (χ2v) is 8.67. The van der Waals surface area contributed by atoms with Gasteiger partial charge in [-0.15, -0.1) is 0 Å². The van der Waals surface area contributed by atoms with Crippen LogP contribution in [0.15, 0.2) is 79.1 Å². The van der Waals surface area contributed by atoms with Crippen LogP contribution in [0.1, 0.15) is 32.1 Å². The van der Waals surface area contributed by atoms with Gasteiger partial charge in [0.1, 0.15) is 4.91 Å². The van der Waals surface area contributed by atoms with Gasteiger partial charge in [0.25, 0.3) is 0 Å². The second kappa shape index (κ2) is 5.94. The summed E-state index contributed by atoms with van der Waals surface area (Å²) in [4.78, 5) is 7.64. The molecule has 0 aromatic heterocycles. The van der Waals surface area contributed by atoms with Gasteiger partial charge in [-0.2, -0.15) is 0 Å². The average Bonchev–Trinajstić information content (AvgIpc) is 2.81. The molecule has 2 aliphatic rings. The molecule has 0 unspecified atom stereocenters. The molecule has 0 nitrogen and oxygen atoms in total. The maximum absolute atomic E-state index is 2.54. The lowest BCUT2D eigenvalue weighted by molar-refractivity contribution is 0.716. The lowest BCUT2D eigenvalue weighted by atomic mass is 10.2. The number of hydrogen-bond acceptors (Lipinski definition) is 1. The highest BCUT2D eigenvalue weighted by molar-refractivity contribution is 8.05. The Balaban J connectivity index is 1.87. The van der Waals surface area contributed by atoms with Crippen LogP contribution in [0, 0.1) is 0 Å². The molecule has 2 aromatic rings. The first-order valence-corrected chi connectivity index (χ1v) is 9.77. The first-order chi connectivity index (χ1) is 10.4. The molecule has 1 aliphatic carbocycles. The Morgan fingerprint density at radius 2 is 1.43 bits per heavy atom. The van der Waals surface area contributed by atoms with Crippen LogP contribution in [0.2, 0.25) is 0 Å². The van der Waals surface area contributed by atoms with E-state index in [9.17, 15) is 0 Å². The first-order valence-electron chi connectivity index (χ1n) is 7.73. The van der Waals surface area contributed by atoms with Crippen molar-refractivity contribution in [3.8, 4) is 0 Å². The summed E-state index contributed by atoms with van der Waals surface area (Å²) in [5.41, 5.74) is 0. The Morgan fingerprint density at radius 1 is 0.762 bits per heavy atom. The summed E-state index contributed by atoms with van der Waals surface area (Å²) in [6, 6.07) is 18.0. The molecular formula is C19H19S2+. The van der Waals surface area contributed by atoms with Gasteiger partial charge in [0, 0.05) is 6.42 Å². The molecule has 0 atom stereocenters. The molecule has 0 fully saturated rings. The summed E-state index contributed by atoms with van der Waals surface area (Å²) in [6.45, 7) is 0. The maximum Gasteiger partial charge on any atom is 0.180 e. The zero-order valence-electron chi connectivity index (χ0n) is 12.0. The van der Waals surface area contributed by atoms with Gasteiger partial charge >= 0.3 is 0 Å². The summed E-state index contributed by atoms with van der Waals surface area (Å²) in [5.74, 6) is 0. The van der Waals surface area contributed by atoms with Crippen molar-refractivity contribution in [3.63, 3.8) is 0 Å². The van der Waals surface area contributed by atoms with Gasteiger partial charge in [-0.3, -0.25) is 0 Å². The lowest BCUT2D eigenvalue weighted by Crippen LogP contribution is -2.12. The van der Waals surface area contributed by atoms with Crippen LogP contribution in [0.3, 0.4) is 0 Å². The third-order valence-electron chi connectivity index (χ3n) is 4.12. The van der Waals surface area contributed by atoms with Gasteiger partial charge in [0.2, 0.25) is 0 Å². The minimum absolute atomic E-state index is 0.148. The standard InChI is InChI=1S/C19H19S2/c1-2-4-10-15(9-3-1)21-18-13-7-5-11-16(18)20-17-12-6-8-14-19(17)21/h5-9,11-14H,1-4,10H2/q+1. The van der Waals surface area contributed by atoms with Crippen molar-refractivity contribution < 1.29 is 0 Å².